The highest BCUT2D eigenvalue weighted by Gasteiger charge is 2.29. The van der Waals surface area contributed by atoms with Gasteiger partial charge in [-0.2, -0.15) is 0 Å². The van der Waals surface area contributed by atoms with Crippen LogP contribution < -0.4 is 5.32 Å². The predicted octanol–water partition coefficient (Wildman–Crippen LogP) is 3.70. The topological polar surface area (TPSA) is 67.8 Å². The van der Waals surface area contributed by atoms with Crippen LogP contribution in [0, 0.1) is 0 Å². The third-order valence-corrected chi connectivity index (χ3v) is 4.60. The van der Waals surface area contributed by atoms with Crippen molar-refractivity contribution < 1.29 is 19.4 Å². The molecule has 0 aromatic heterocycles. The number of aliphatic hydroxyl groups excluding tert-OH is 1. The molecule has 1 aliphatic rings. The molecule has 2 aromatic rings. The third kappa shape index (κ3) is 4.67. The van der Waals surface area contributed by atoms with E-state index < -0.39 is 12.1 Å². The van der Waals surface area contributed by atoms with Gasteiger partial charge in [0.1, 0.15) is 6.61 Å². The summed E-state index contributed by atoms with van der Waals surface area (Å²) in [5.41, 5.74) is 4.38. The zero-order chi connectivity index (χ0) is 19.4. The Morgan fingerprint density at radius 2 is 1.63 bits per heavy atom. The molecule has 0 heterocycles. The van der Waals surface area contributed by atoms with E-state index in [9.17, 15) is 9.90 Å². The number of amides is 1. The molecule has 2 N–H and O–H groups in total. The van der Waals surface area contributed by atoms with Crippen LogP contribution in [0.15, 0.2) is 48.5 Å². The lowest BCUT2D eigenvalue weighted by atomic mass is 9.98. The average Bonchev–Trinajstić information content (AvgIpc) is 2.97. The lowest BCUT2D eigenvalue weighted by molar-refractivity contribution is -0.0213. The van der Waals surface area contributed by atoms with Gasteiger partial charge in [0.2, 0.25) is 0 Å². The lowest BCUT2D eigenvalue weighted by Gasteiger charge is -2.24. The van der Waals surface area contributed by atoms with Gasteiger partial charge in [-0.05, 0) is 43.0 Å². The maximum Gasteiger partial charge on any atom is 0.407 e. The number of carbonyl (C=O) groups excluding carboxylic acids is 1. The Hall–Kier alpha value is -2.37. The Morgan fingerprint density at radius 1 is 1.07 bits per heavy atom. The Morgan fingerprint density at radius 3 is 2.15 bits per heavy atom. The minimum Gasteiger partial charge on any atom is -0.449 e. The minimum atomic E-state index is -0.548. The number of nitrogens with one attached hydrogen (secondary N) is 1. The fourth-order valence-corrected chi connectivity index (χ4v) is 3.30. The first-order valence-corrected chi connectivity index (χ1v) is 9.25. The first-order valence-electron chi connectivity index (χ1n) is 9.25. The van der Waals surface area contributed by atoms with E-state index >= 15 is 0 Å². The van der Waals surface area contributed by atoms with Crippen LogP contribution in [0.1, 0.15) is 37.8 Å². The van der Waals surface area contributed by atoms with Gasteiger partial charge in [-0.15, -0.1) is 0 Å². The molecule has 0 unspecified atom stereocenters. The highest BCUT2D eigenvalue weighted by molar-refractivity contribution is 5.79. The fraction of sp³-hybridized carbons (Fsp3) is 0.409. The lowest BCUT2D eigenvalue weighted by Crippen LogP contribution is -2.43. The Labute approximate surface area is 160 Å². The molecule has 0 spiro atoms. The molecule has 1 aliphatic carbocycles. The molecule has 0 saturated carbocycles. The monoisotopic (exact) mass is 369 g/mol. The summed E-state index contributed by atoms with van der Waals surface area (Å²) in [7, 11) is 0. The minimum absolute atomic E-state index is 0.0153. The van der Waals surface area contributed by atoms with E-state index in [-0.39, 0.29) is 31.3 Å². The third-order valence-electron chi connectivity index (χ3n) is 4.60. The van der Waals surface area contributed by atoms with Crippen molar-refractivity contribution in [3.05, 3.63) is 59.7 Å². The molecule has 27 heavy (non-hydrogen) atoms. The van der Waals surface area contributed by atoms with Gasteiger partial charge in [-0.1, -0.05) is 48.5 Å². The van der Waals surface area contributed by atoms with Crippen molar-refractivity contribution in [3.63, 3.8) is 0 Å². The van der Waals surface area contributed by atoms with Crippen molar-refractivity contribution >= 4 is 6.09 Å². The van der Waals surface area contributed by atoms with Crippen LogP contribution in [0.3, 0.4) is 0 Å². The number of aliphatic hydroxyl groups is 1. The second-order valence-electron chi connectivity index (χ2n) is 7.77. The summed E-state index contributed by atoms with van der Waals surface area (Å²) in [6.07, 6.45) is -0.548. The number of carbonyl (C=O) groups is 1. The molecule has 1 atom stereocenters. The highest BCUT2D eigenvalue weighted by atomic mass is 16.5. The molecule has 2 aromatic carbocycles. The van der Waals surface area contributed by atoms with Crippen molar-refractivity contribution in [2.75, 3.05) is 19.8 Å². The van der Waals surface area contributed by atoms with Gasteiger partial charge in [0.05, 0.1) is 24.9 Å². The number of hydrogen-bond donors (Lipinski definition) is 2. The molecule has 3 rings (SSSR count). The molecule has 0 aliphatic heterocycles. The highest BCUT2D eigenvalue weighted by Crippen LogP contribution is 2.44. The summed E-state index contributed by atoms with van der Waals surface area (Å²) < 4.78 is 11.1. The van der Waals surface area contributed by atoms with Crippen molar-refractivity contribution in [3.8, 4) is 11.1 Å². The van der Waals surface area contributed by atoms with Gasteiger partial charge in [-0.25, -0.2) is 4.79 Å². The van der Waals surface area contributed by atoms with E-state index in [1.807, 2.05) is 45.0 Å². The van der Waals surface area contributed by atoms with Gasteiger partial charge < -0.3 is 19.9 Å². The van der Waals surface area contributed by atoms with Crippen LogP contribution >= 0.6 is 0 Å². The zero-order valence-corrected chi connectivity index (χ0v) is 16.1. The zero-order valence-electron chi connectivity index (χ0n) is 16.1. The number of hydrogen-bond acceptors (Lipinski definition) is 4. The summed E-state index contributed by atoms with van der Waals surface area (Å²) in [6, 6.07) is 15.9. The van der Waals surface area contributed by atoms with Crippen molar-refractivity contribution in [2.45, 2.75) is 38.3 Å². The van der Waals surface area contributed by atoms with Crippen LogP contribution in [0.5, 0.6) is 0 Å². The van der Waals surface area contributed by atoms with E-state index in [2.05, 4.69) is 29.6 Å². The largest absolute Gasteiger partial charge is 0.449 e. The summed E-state index contributed by atoms with van der Waals surface area (Å²) in [5, 5.41) is 12.1. The van der Waals surface area contributed by atoms with Crippen LogP contribution in [0.4, 0.5) is 4.79 Å². The van der Waals surface area contributed by atoms with Crippen LogP contribution in [-0.4, -0.2) is 42.7 Å². The van der Waals surface area contributed by atoms with E-state index in [4.69, 9.17) is 9.47 Å². The van der Waals surface area contributed by atoms with Gasteiger partial charge in [-0.3, -0.25) is 0 Å². The van der Waals surface area contributed by atoms with Crippen LogP contribution in [0.2, 0.25) is 0 Å². The normalized spacial score (nSPS) is 14.4. The first-order chi connectivity index (χ1) is 12.9. The summed E-state index contributed by atoms with van der Waals surface area (Å²) in [6.45, 7) is 6.04. The van der Waals surface area contributed by atoms with E-state index in [1.54, 1.807) is 0 Å². The Balaban J connectivity index is 1.62. The maximum absolute atomic E-state index is 12.2. The summed E-state index contributed by atoms with van der Waals surface area (Å²) in [5.74, 6) is 0.0153. The Bertz CT molecular complexity index is 751. The molecule has 0 bridgehead atoms. The summed E-state index contributed by atoms with van der Waals surface area (Å²) >= 11 is 0. The van der Waals surface area contributed by atoms with Gasteiger partial charge >= 0.3 is 6.09 Å². The second-order valence-corrected chi connectivity index (χ2v) is 7.77. The fourth-order valence-electron chi connectivity index (χ4n) is 3.30. The maximum atomic E-state index is 12.2. The van der Waals surface area contributed by atoms with E-state index in [1.165, 1.54) is 22.3 Å². The first kappa shape index (κ1) is 19.4. The standard InChI is InChI=1S/C22H27NO4/c1-22(2,3)27-13-15(12-24)23-21(25)26-14-20-18-10-6-4-8-16(18)17-9-5-7-11-19(17)20/h4-11,15,20,24H,12-14H2,1-3H3,(H,23,25)/t15-/m0/s1. The summed E-state index contributed by atoms with van der Waals surface area (Å²) in [4.78, 5) is 12.2. The molecule has 5 heteroatoms. The predicted molar refractivity (Wildman–Crippen MR) is 105 cm³/mol. The smallest absolute Gasteiger partial charge is 0.407 e. The molecule has 144 valence electrons. The van der Waals surface area contributed by atoms with Crippen molar-refractivity contribution in [1.82, 2.24) is 5.32 Å². The Kier molecular flexibility index (Phi) is 5.82. The molecular weight excluding hydrogens is 342 g/mol. The molecule has 0 radical (unpaired) electrons. The van der Waals surface area contributed by atoms with Gasteiger partial charge in [0, 0.05) is 5.92 Å². The number of ether oxygens (including phenoxy) is 2. The average molecular weight is 369 g/mol. The number of benzene rings is 2. The second kappa shape index (κ2) is 8.11. The quantitative estimate of drug-likeness (QED) is 0.815. The molecule has 0 fully saturated rings. The van der Waals surface area contributed by atoms with E-state index in [0.29, 0.717) is 0 Å². The number of alkyl carbamates (subject to hydrolysis) is 1. The van der Waals surface area contributed by atoms with Gasteiger partial charge in [0.15, 0.2) is 0 Å². The number of rotatable bonds is 6. The van der Waals surface area contributed by atoms with Crippen molar-refractivity contribution in [1.29, 1.82) is 0 Å². The van der Waals surface area contributed by atoms with Crippen LogP contribution in [-0.2, 0) is 9.47 Å². The SMILES string of the molecule is CC(C)(C)OC[C@H](CO)NC(=O)OCC1c2ccccc2-c2ccccc21. The van der Waals surface area contributed by atoms with Crippen molar-refractivity contribution in [2.24, 2.45) is 0 Å². The number of fused-ring (bicyclic) bond motifs is 3. The van der Waals surface area contributed by atoms with E-state index in [0.717, 1.165) is 0 Å². The molecular formula is C22H27NO4. The molecule has 1 amide bonds. The molecule has 0 saturated heterocycles. The van der Waals surface area contributed by atoms with Crippen LogP contribution in [0.25, 0.3) is 11.1 Å². The molecule has 5 nitrogen and oxygen atoms in total. The van der Waals surface area contributed by atoms with Gasteiger partial charge in [0.25, 0.3) is 0 Å².